The molecule has 0 aromatic rings. The minimum absolute atomic E-state index is 0.903. The van der Waals surface area contributed by atoms with Crippen LogP contribution in [0.4, 0.5) is 0 Å². The van der Waals surface area contributed by atoms with E-state index in [1.165, 1.54) is 0 Å². The summed E-state index contributed by atoms with van der Waals surface area (Å²) < 4.78 is 15.3. The molecule has 44 valence electrons. The Hall–Kier alpha value is 0.434. The van der Waals surface area contributed by atoms with Gasteiger partial charge >= 0.3 is 0 Å². The molecular weight excluding hydrogens is 116 g/mol. The first kappa shape index (κ1) is 4.33. The molecule has 0 radical (unpaired) electrons. The summed E-state index contributed by atoms with van der Waals surface area (Å²) in [5.74, 6) is 0. The van der Waals surface area contributed by atoms with Crippen LogP contribution in [-0.2, 0) is 0 Å². The molecular formula is C5H16Si2. The first-order chi connectivity index (χ1) is 3.71. The standard InChI is InChI=1S/C5H16Si2/c1-6(2)5-7(3)4/h6-7H,5H2,1-4H3/i6D,7D. The van der Waals surface area contributed by atoms with Crippen molar-refractivity contribution < 1.29 is 0 Å². The normalized spacial score (nSPS) is 18.3. The molecule has 0 heterocycles. The average molecular weight is 134 g/mol. The first-order valence-corrected chi connectivity index (χ1v) is 8.12. The second-order valence-electron chi connectivity index (χ2n) is 2.59. The van der Waals surface area contributed by atoms with Crippen LogP contribution in [0.2, 0.25) is 31.9 Å². The molecule has 0 aliphatic carbocycles. The van der Waals surface area contributed by atoms with Crippen LogP contribution in [0.15, 0.2) is 0 Å². The third kappa shape index (κ3) is 6.43. The van der Waals surface area contributed by atoms with E-state index in [0.29, 0.717) is 0 Å². The van der Waals surface area contributed by atoms with E-state index in [4.69, 9.17) is 2.47 Å². The molecule has 0 amide bonds. The summed E-state index contributed by atoms with van der Waals surface area (Å²) in [4.78, 5) is 0. The van der Waals surface area contributed by atoms with Crippen molar-refractivity contribution in [2.45, 2.75) is 31.9 Å². The second kappa shape index (κ2) is 3.44. The predicted octanol–water partition coefficient (Wildman–Crippen LogP) is 1.50. The molecule has 0 saturated carbocycles. The van der Waals surface area contributed by atoms with Crippen LogP contribution < -0.4 is 0 Å². The average Bonchev–Trinajstić information content (AvgIpc) is 1.14. The van der Waals surface area contributed by atoms with Gasteiger partial charge in [-0.3, -0.25) is 0 Å². The van der Waals surface area contributed by atoms with Gasteiger partial charge in [0.05, 0.1) is 0 Å². The maximum atomic E-state index is 7.64. The molecule has 0 rings (SSSR count). The molecule has 0 atom stereocenters. The van der Waals surface area contributed by atoms with E-state index in [1.54, 1.807) is 0 Å². The Labute approximate surface area is 52.6 Å². The molecule has 0 unspecified atom stereocenters. The second-order valence-corrected chi connectivity index (χ2v) is 8.83. The topological polar surface area (TPSA) is 0 Å². The largest absolute Gasteiger partial charge is 0.0724 e. The Balaban J connectivity index is 3.75. The van der Waals surface area contributed by atoms with Crippen LogP contribution in [-0.4, -0.2) is 19.9 Å². The Morgan fingerprint density at radius 2 is 1.43 bits per heavy atom. The highest BCUT2D eigenvalue weighted by Crippen LogP contribution is 1.94. The van der Waals surface area contributed by atoms with Crippen molar-refractivity contribution in [3.63, 3.8) is 0 Å². The van der Waals surface area contributed by atoms with E-state index in [0.717, 1.165) is 5.67 Å². The van der Waals surface area contributed by atoms with Crippen molar-refractivity contribution in [2.75, 3.05) is 0 Å². The summed E-state index contributed by atoms with van der Waals surface area (Å²) in [5, 5.41) is 0. The summed E-state index contributed by atoms with van der Waals surface area (Å²) >= 11 is 0. The number of rotatable bonds is 2. The van der Waals surface area contributed by atoms with E-state index in [-0.39, 0.29) is 0 Å². The van der Waals surface area contributed by atoms with Crippen LogP contribution >= 0.6 is 0 Å². The van der Waals surface area contributed by atoms with Crippen molar-refractivity contribution in [3.05, 3.63) is 0 Å². The summed E-state index contributed by atoms with van der Waals surface area (Å²) in [6.45, 7) is 8.04. The summed E-state index contributed by atoms with van der Waals surface area (Å²) in [6.07, 6.45) is 0. The Kier molecular flexibility index (Phi) is 2.12. The van der Waals surface area contributed by atoms with Gasteiger partial charge in [-0.05, 0) is 0 Å². The zero-order valence-corrected chi connectivity index (χ0v) is 7.71. The van der Waals surface area contributed by atoms with Gasteiger partial charge in [-0.25, -0.2) is 0 Å². The van der Waals surface area contributed by atoms with Gasteiger partial charge in [-0.2, -0.15) is 0 Å². The first-order valence-electron chi connectivity index (χ1n) is 3.71. The minimum atomic E-state index is -1.67. The molecule has 0 nitrogen and oxygen atoms in total. The molecule has 0 saturated heterocycles. The molecule has 2 heteroatoms. The van der Waals surface area contributed by atoms with Gasteiger partial charge in [-0.15, -0.1) is 0 Å². The molecule has 0 aromatic carbocycles. The lowest BCUT2D eigenvalue weighted by molar-refractivity contribution is 1.71. The Morgan fingerprint density at radius 3 is 1.43 bits per heavy atom. The molecule has 0 spiro atoms. The lowest BCUT2D eigenvalue weighted by Gasteiger charge is -2.02. The highest BCUT2D eigenvalue weighted by atomic mass is 28.3. The monoisotopic (exact) mass is 134 g/mol. The zero-order chi connectivity index (χ0) is 7.71. The molecule has 0 aliphatic heterocycles. The Morgan fingerprint density at radius 1 is 1.14 bits per heavy atom. The van der Waals surface area contributed by atoms with Crippen LogP contribution in [0.3, 0.4) is 0 Å². The number of hydrogen-bond acceptors (Lipinski definition) is 0. The van der Waals surface area contributed by atoms with Gasteiger partial charge in [0.2, 0.25) is 0 Å². The molecule has 0 N–H and O–H groups in total. The van der Waals surface area contributed by atoms with E-state index in [1.807, 2.05) is 26.2 Å². The fraction of sp³-hybridized carbons (Fsp3) is 1.00. The van der Waals surface area contributed by atoms with Gasteiger partial charge in [-0.1, -0.05) is 31.9 Å². The van der Waals surface area contributed by atoms with Crippen molar-refractivity contribution >= 4 is 17.5 Å². The SMILES string of the molecule is [2H][Si](C)(C)C[Si]([2H])(C)C. The fourth-order valence-electron chi connectivity index (χ4n) is 0.707. The third-order valence-electron chi connectivity index (χ3n) is 0.707. The minimum Gasteiger partial charge on any atom is -0.0724 e. The molecule has 0 aromatic heterocycles. The third-order valence-corrected chi connectivity index (χ3v) is 6.36. The predicted molar refractivity (Wildman–Crippen MR) is 42.6 cm³/mol. The van der Waals surface area contributed by atoms with Crippen LogP contribution in [0, 0.1) is 0 Å². The molecule has 0 aliphatic rings. The molecule has 0 bridgehead atoms. The Bertz CT molecular complexity index is 78.1. The van der Waals surface area contributed by atoms with Crippen molar-refractivity contribution in [1.29, 1.82) is 2.47 Å². The summed E-state index contributed by atoms with van der Waals surface area (Å²) in [6, 6.07) is 0. The van der Waals surface area contributed by atoms with Gasteiger partial charge in [0.1, 0.15) is 0 Å². The fourth-order valence-corrected chi connectivity index (χ4v) is 6.36. The quantitative estimate of drug-likeness (QED) is 0.502. The smallest absolute Gasteiger partial charge is 0.0276 e. The highest BCUT2D eigenvalue weighted by molar-refractivity contribution is 6.74. The molecule has 0 fully saturated rings. The maximum absolute atomic E-state index is 7.64. The van der Waals surface area contributed by atoms with E-state index in [2.05, 4.69) is 0 Å². The lowest BCUT2D eigenvalue weighted by Crippen LogP contribution is -2.10. The van der Waals surface area contributed by atoms with Crippen molar-refractivity contribution in [3.8, 4) is 0 Å². The van der Waals surface area contributed by atoms with E-state index < -0.39 is 17.5 Å². The zero-order valence-electron chi connectivity index (χ0n) is 7.71. The summed E-state index contributed by atoms with van der Waals surface area (Å²) in [7, 11) is -3.34. The molecule has 7 heavy (non-hydrogen) atoms. The summed E-state index contributed by atoms with van der Waals surface area (Å²) in [5.41, 5.74) is 0.903. The highest BCUT2D eigenvalue weighted by Gasteiger charge is 1.98. The van der Waals surface area contributed by atoms with Crippen LogP contribution in [0.5, 0.6) is 0 Å². The van der Waals surface area contributed by atoms with Crippen LogP contribution in [0.25, 0.3) is 0 Å². The van der Waals surface area contributed by atoms with Gasteiger partial charge in [0.15, 0.2) is 0 Å². The van der Waals surface area contributed by atoms with Crippen molar-refractivity contribution in [1.82, 2.24) is 0 Å². The van der Waals surface area contributed by atoms with Gasteiger partial charge in [0, 0.05) is 19.9 Å². The number of hydrogen-bond donors (Lipinski definition) is 0. The van der Waals surface area contributed by atoms with Gasteiger partial charge in [0.25, 0.3) is 0 Å². The lowest BCUT2D eigenvalue weighted by atomic mass is 11.8. The van der Waals surface area contributed by atoms with Crippen molar-refractivity contribution in [2.24, 2.45) is 0 Å². The van der Waals surface area contributed by atoms with Gasteiger partial charge < -0.3 is 0 Å². The van der Waals surface area contributed by atoms with E-state index >= 15 is 0 Å². The maximum Gasteiger partial charge on any atom is 0.0276 e. The van der Waals surface area contributed by atoms with E-state index in [9.17, 15) is 0 Å². The van der Waals surface area contributed by atoms with Crippen LogP contribution in [0.1, 0.15) is 0 Å².